The Labute approximate surface area is 164 Å². The molecule has 0 radical (unpaired) electrons. The quantitative estimate of drug-likeness (QED) is 0.605. The van der Waals surface area contributed by atoms with Crippen LogP contribution in [0.2, 0.25) is 0 Å². The summed E-state index contributed by atoms with van der Waals surface area (Å²) < 4.78 is 12.9. The molecule has 0 aliphatic carbocycles. The van der Waals surface area contributed by atoms with Gasteiger partial charge in [0.25, 0.3) is 5.82 Å². The van der Waals surface area contributed by atoms with Gasteiger partial charge < -0.3 is 19.4 Å². The van der Waals surface area contributed by atoms with E-state index in [1.165, 1.54) is 0 Å². The Hall–Kier alpha value is -2.93. The molecule has 28 heavy (non-hydrogen) atoms. The van der Waals surface area contributed by atoms with Crippen molar-refractivity contribution in [2.24, 2.45) is 7.05 Å². The number of rotatable bonds is 8. The van der Waals surface area contributed by atoms with Gasteiger partial charge in [-0.1, -0.05) is 0 Å². The van der Waals surface area contributed by atoms with E-state index in [1.807, 2.05) is 56.8 Å². The minimum absolute atomic E-state index is 0.00555. The van der Waals surface area contributed by atoms with E-state index in [-0.39, 0.29) is 12.3 Å². The summed E-state index contributed by atoms with van der Waals surface area (Å²) in [6, 6.07) is 5.79. The minimum atomic E-state index is 0.00555. The van der Waals surface area contributed by atoms with E-state index < -0.39 is 0 Å². The molecule has 7 nitrogen and oxygen atoms in total. The van der Waals surface area contributed by atoms with Crippen LogP contribution in [0.4, 0.5) is 5.82 Å². The Bertz CT molecular complexity index is 1010. The number of Topliss-reactive ketones (excluding diaryl/α,β-unsaturated/α-hetero) is 1. The zero-order chi connectivity index (χ0) is 20.3. The molecule has 0 aliphatic rings. The summed E-state index contributed by atoms with van der Waals surface area (Å²) in [4.78, 5) is 20.7. The van der Waals surface area contributed by atoms with Crippen molar-refractivity contribution in [3.05, 3.63) is 47.0 Å². The number of aryl methyl sites for hydroxylation is 2. The molecular formula is C21H27N4O3+. The lowest BCUT2D eigenvalue weighted by Gasteiger charge is -2.07. The fraction of sp³-hybridized carbons (Fsp3) is 0.381. The first kappa shape index (κ1) is 19.8. The standard InChI is InChI=1S/C21H26N4O3/c1-6-28-12-15-10-22-14(3)24-21(15)23-11-19(26)20-13(2)25(4)18-8-7-16(27-5)9-17(18)20/h7-10H,6,11-12H2,1-5H3,(H,22,23,24)/p+1. The van der Waals surface area contributed by atoms with Crippen molar-refractivity contribution < 1.29 is 19.3 Å². The van der Waals surface area contributed by atoms with Gasteiger partial charge in [-0.15, -0.1) is 0 Å². The molecule has 2 aromatic heterocycles. The average molecular weight is 383 g/mol. The second-order valence-corrected chi connectivity index (χ2v) is 6.68. The van der Waals surface area contributed by atoms with E-state index in [0.717, 1.165) is 33.7 Å². The van der Waals surface area contributed by atoms with Gasteiger partial charge >= 0.3 is 0 Å². The smallest absolute Gasteiger partial charge is 0.295 e. The molecule has 0 saturated carbocycles. The van der Waals surface area contributed by atoms with Crippen LogP contribution in [-0.4, -0.2) is 35.6 Å². The van der Waals surface area contributed by atoms with Crippen LogP contribution in [0.15, 0.2) is 24.4 Å². The van der Waals surface area contributed by atoms with Gasteiger partial charge in [-0.3, -0.25) is 4.79 Å². The van der Waals surface area contributed by atoms with E-state index >= 15 is 0 Å². The van der Waals surface area contributed by atoms with Gasteiger partial charge in [0.1, 0.15) is 5.75 Å². The monoisotopic (exact) mass is 383 g/mol. The predicted molar refractivity (Wildman–Crippen MR) is 108 cm³/mol. The van der Waals surface area contributed by atoms with Crippen molar-refractivity contribution in [1.82, 2.24) is 9.55 Å². The number of fused-ring (bicyclic) bond motifs is 1. The van der Waals surface area contributed by atoms with Gasteiger partial charge in [-0.25, -0.2) is 4.98 Å². The molecule has 0 saturated heterocycles. The summed E-state index contributed by atoms with van der Waals surface area (Å²) in [7, 11) is 3.59. The number of ether oxygens (including phenoxy) is 2. The van der Waals surface area contributed by atoms with Crippen molar-refractivity contribution >= 4 is 22.5 Å². The normalized spacial score (nSPS) is 11.0. The Kier molecular flexibility index (Phi) is 5.94. The number of H-pyrrole nitrogens is 1. The SMILES string of the molecule is CCOCc1c[nH+]c(C)nc1NCC(=O)c1c(C)n(C)c2ccc(OC)cc12. The summed E-state index contributed by atoms with van der Waals surface area (Å²) in [5.74, 6) is 2.16. The Balaban J connectivity index is 1.88. The number of anilines is 1. The predicted octanol–water partition coefficient (Wildman–Crippen LogP) is 2.84. The molecule has 7 heteroatoms. The highest BCUT2D eigenvalue weighted by Gasteiger charge is 2.21. The van der Waals surface area contributed by atoms with Crippen LogP contribution >= 0.6 is 0 Å². The first-order valence-corrected chi connectivity index (χ1v) is 9.32. The molecule has 3 aromatic rings. The number of hydrogen-bond donors (Lipinski definition) is 1. The maximum Gasteiger partial charge on any atom is 0.295 e. The van der Waals surface area contributed by atoms with Gasteiger partial charge in [-0.05, 0) is 37.0 Å². The van der Waals surface area contributed by atoms with Crippen LogP contribution in [0, 0.1) is 13.8 Å². The lowest BCUT2D eigenvalue weighted by Crippen LogP contribution is -2.20. The molecular weight excluding hydrogens is 356 g/mol. The van der Waals surface area contributed by atoms with Gasteiger partial charge in [0.15, 0.2) is 5.78 Å². The number of hydrogen-bond acceptors (Lipinski definition) is 5. The highest BCUT2D eigenvalue weighted by molar-refractivity contribution is 6.11. The second-order valence-electron chi connectivity index (χ2n) is 6.68. The van der Waals surface area contributed by atoms with E-state index in [9.17, 15) is 4.79 Å². The van der Waals surface area contributed by atoms with E-state index in [4.69, 9.17) is 9.47 Å². The molecule has 0 unspecified atom stereocenters. The van der Waals surface area contributed by atoms with Crippen molar-refractivity contribution in [3.8, 4) is 5.75 Å². The third kappa shape index (κ3) is 3.84. The van der Waals surface area contributed by atoms with Gasteiger partial charge in [0.05, 0.1) is 32.0 Å². The topological polar surface area (TPSA) is 79.5 Å². The maximum absolute atomic E-state index is 13.1. The molecule has 0 bridgehead atoms. The fourth-order valence-corrected chi connectivity index (χ4v) is 3.29. The lowest BCUT2D eigenvalue weighted by molar-refractivity contribution is -0.393. The van der Waals surface area contributed by atoms with Gasteiger partial charge in [0, 0.05) is 42.7 Å². The van der Waals surface area contributed by atoms with E-state index in [0.29, 0.717) is 24.6 Å². The number of aromatic nitrogens is 3. The van der Waals surface area contributed by atoms with Gasteiger partial charge in [0.2, 0.25) is 5.82 Å². The number of carbonyl (C=O) groups excluding carboxylic acids is 1. The Morgan fingerprint density at radius 2 is 2.11 bits per heavy atom. The largest absolute Gasteiger partial charge is 0.497 e. The Morgan fingerprint density at radius 3 is 2.82 bits per heavy atom. The molecule has 0 aliphatic heterocycles. The van der Waals surface area contributed by atoms with Crippen molar-refractivity contribution in [1.29, 1.82) is 0 Å². The average Bonchev–Trinajstić information content (AvgIpc) is 2.95. The molecule has 2 N–H and O–H groups in total. The highest BCUT2D eigenvalue weighted by Crippen LogP contribution is 2.29. The number of ketones is 1. The number of aromatic amines is 1. The molecule has 1 aromatic carbocycles. The summed E-state index contributed by atoms with van der Waals surface area (Å²) in [6.07, 6.45) is 1.86. The highest BCUT2D eigenvalue weighted by atomic mass is 16.5. The lowest BCUT2D eigenvalue weighted by atomic mass is 10.1. The molecule has 2 heterocycles. The van der Waals surface area contributed by atoms with Crippen molar-refractivity contribution in [3.63, 3.8) is 0 Å². The summed E-state index contributed by atoms with van der Waals surface area (Å²) in [6.45, 7) is 6.97. The second kappa shape index (κ2) is 8.39. The van der Waals surface area contributed by atoms with Crippen LogP contribution < -0.4 is 15.0 Å². The van der Waals surface area contributed by atoms with Crippen LogP contribution in [0.1, 0.15) is 34.4 Å². The number of carbonyl (C=O) groups is 1. The van der Waals surface area contributed by atoms with E-state index in [1.54, 1.807) is 7.11 Å². The van der Waals surface area contributed by atoms with Crippen LogP contribution in [0.25, 0.3) is 10.9 Å². The van der Waals surface area contributed by atoms with Gasteiger partial charge in [-0.2, -0.15) is 0 Å². The number of benzene rings is 1. The number of methoxy groups -OCH3 is 1. The van der Waals surface area contributed by atoms with E-state index in [2.05, 4.69) is 15.3 Å². The van der Waals surface area contributed by atoms with Crippen molar-refractivity contribution in [2.75, 3.05) is 25.6 Å². The zero-order valence-electron chi connectivity index (χ0n) is 17.0. The molecule has 0 amide bonds. The first-order valence-electron chi connectivity index (χ1n) is 9.32. The minimum Gasteiger partial charge on any atom is -0.497 e. The summed E-state index contributed by atoms with van der Waals surface area (Å²) >= 11 is 0. The third-order valence-corrected chi connectivity index (χ3v) is 4.90. The van der Waals surface area contributed by atoms with Crippen molar-refractivity contribution in [2.45, 2.75) is 27.4 Å². The third-order valence-electron chi connectivity index (χ3n) is 4.90. The summed E-state index contributed by atoms with van der Waals surface area (Å²) in [5.41, 5.74) is 3.52. The maximum atomic E-state index is 13.1. The fourth-order valence-electron chi connectivity index (χ4n) is 3.29. The molecule has 148 valence electrons. The van der Waals surface area contributed by atoms with Crippen LogP contribution in [-0.2, 0) is 18.4 Å². The number of nitrogens with one attached hydrogen (secondary N) is 2. The molecule has 3 rings (SSSR count). The molecule has 0 spiro atoms. The van der Waals surface area contributed by atoms with Crippen LogP contribution in [0.3, 0.4) is 0 Å². The Morgan fingerprint density at radius 1 is 1.32 bits per heavy atom. The first-order chi connectivity index (χ1) is 13.5. The molecule has 0 atom stereocenters. The zero-order valence-corrected chi connectivity index (χ0v) is 17.0. The summed E-state index contributed by atoms with van der Waals surface area (Å²) in [5, 5.41) is 4.08. The molecule has 0 fully saturated rings. The van der Waals surface area contributed by atoms with Crippen LogP contribution in [0.5, 0.6) is 5.75 Å². The number of nitrogens with zero attached hydrogens (tertiary/aromatic N) is 2.